The molecule has 2 N–H and O–H groups in total. The van der Waals surface area contributed by atoms with Gasteiger partial charge in [0.1, 0.15) is 0 Å². The molecule has 0 aliphatic rings. The van der Waals surface area contributed by atoms with Gasteiger partial charge in [0.2, 0.25) is 5.75 Å². The van der Waals surface area contributed by atoms with Gasteiger partial charge in [0.25, 0.3) is 5.56 Å². The lowest BCUT2D eigenvalue weighted by Crippen LogP contribution is -2.22. The second-order valence-corrected chi connectivity index (χ2v) is 4.10. The molecule has 2 aromatic rings. The molecule has 0 amide bonds. The van der Waals surface area contributed by atoms with E-state index in [2.05, 4.69) is 0 Å². The van der Waals surface area contributed by atoms with Crippen LogP contribution in [0.1, 0.15) is 6.92 Å². The number of aryl methyl sites for hydroxylation is 1. The van der Waals surface area contributed by atoms with Crippen LogP contribution in [0.4, 0.5) is 5.69 Å². The van der Waals surface area contributed by atoms with Crippen molar-refractivity contribution in [3.05, 3.63) is 28.6 Å². The molecule has 0 saturated heterocycles. The highest BCUT2D eigenvalue weighted by atomic mass is 16.6. The molecule has 2 rings (SSSR count). The van der Waals surface area contributed by atoms with Gasteiger partial charge in [0.05, 0.1) is 12.6 Å². The van der Waals surface area contributed by atoms with Gasteiger partial charge < -0.3 is 19.8 Å². The molecular formula is C13H14N2O4. The molecule has 1 aromatic carbocycles. The van der Waals surface area contributed by atoms with Crippen molar-refractivity contribution in [2.75, 3.05) is 12.8 Å². The minimum absolute atomic E-state index is 0.116. The molecule has 0 fully saturated rings. The average molecular weight is 262 g/mol. The molecule has 0 spiro atoms. The number of anilines is 1. The lowest BCUT2D eigenvalue weighted by Gasteiger charge is -2.14. The smallest absolute Gasteiger partial charge is 0.308 e. The van der Waals surface area contributed by atoms with E-state index in [4.69, 9.17) is 15.2 Å². The van der Waals surface area contributed by atoms with Crippen molar-refractivity contribution in [1.29, 1.82) is 0 Å². The van der Waals surface area contributed by atoms with E-state index in [-0.39, 0.29) is 11.5 Å². The van der Waals surface area contributed by atoms with Gasteiger partial charge in [-0.2, -0.15) is 0 Å². The number of ether oxygens (including phenoxy) is 2. The Morgan fingerprint density at radius 2 is 2.00 bits per heavy atom. The van der Waals surface area contributed by atoms with Crippen molar-refractivity contribution in [3.8, 4) is 11.5 Å². The van der Waals surface area contributed by atoms with E-state index in [1.807, 2.05) is 0 Å². The molecule has 6 heteroatoms. The van der Waals surface area contributed by atoms with Crippen LogP contribution in [0.25, 0.3) is 10.9 Å². The number of esters is 1. The van der Waals surface area contributed by atoms with Gasteiger partial charge in [0, 0.05) is 25.0 Å². The summed E-state index contributed by atoms with van der Waals surface area (Å²) in [7, 11) is 2.99. The third kappa shape index (κ3) is 2.12. The number of nitrogens with two attached hydrogens (primary N) is 1. The molecule has 100 valence electrons. The quantitative estimate of drug-likeness (QED) is 0.646. The van der Waals surface area contributed by atoms with Gasteiger partial charge in [-0.15, -0.1) is 0 Å². The first-order valence-electron chi connectivity index (χ1n) is 5.60. The lowest BCUT2D eigenvalue weighted by atomic mass is 10.1. The Morgan fingerprint density at radius 3 is 2.58 bits per heavy atom. The topological polar surface area (TPSA) is 83.5 Å². The fourth-order valence-electron chi connectivity index (χ4n) is 1.94. The van der Waals surface area contributed by atoms with Crippen molar-refractivity contribution >= 4 is 22.6 Å². The van der Waals surface area contributed by atoms with Crippen LogP contribution in [0, 0.1) is 0 Å². The fraction of sp³-hybridized carbons (Fsp3) is 0.231. The number of aromatic nitrogens is 1. The number of benzene rings is 1. The van der Waals surface area contributed by atoms with Crippen LogP contribution in [0.5, 0.6) is 11.5 Å². The Hall–Kier alpha value is -2.50. The van der Waals surface area contributed by atoms with Crippen molar-refractivity contribution in [2.45, 2.75) is 6.92 Å². The summed E-state index contributed by atoms with van der Waals surface area (Å²) in [6.45, 7) is 1.23. The van der Waals surface area contributed by atoms with E-state index in [0.29, 0.717) is 16.6 Å². The van der Waals surface area contributed by atoms with Crippen LogP contribution in [-0.2, 0) is 11.8 Å². The van der Waals surface area contributed by atoms with Gasteiger partial charge in [-0.3, -0.25) is 9.59 Å². The summed E-state index contributed by atoms with van der Waals surface area (Å²) >= 11 is 0. The maximum absolute atomic E-state index is 12.2. The molecule has 1 heterocycles. The molecule has 0 radical (unpaired) electrons. The monoisotopic (exact) mass is 262 g/mol. The maximum atomic E-state index is 12.2. The van der Waals surface area contributed by atoms with E-state index >= 15 is 0 Å². The fourth-order valence-corrected chi connectivity index (χ4v) is 1.94. The summed E-state index contributed by atoms with van der Waals surface area (Å²) < 4.78 is 11.5. The Balaban J connectivity index is 2.90. The van der Waals surface area contributed by atoms with E-state index in [9.17, 15) is 9.59 Å². The number of fused-ring (bicyclic) bond motifs is 1. The average Bonchev–Trinajstić information content (AvgIpc) is 2.36. The normalized spacial score (nSPS) is 10.5. The highest BCUT2D eigenvalue weighted by Gasteiger charge is 2.18. The van der Waals surface area contributed by atoms with Crippen LogP contribution in [-0.4, -0.2) is 17.6 Å². The predicted molar refractivity (Wildman–Crippen MR) is 71.5 cm³/mol. The Bertz CT molecular complexity index is 719. The first-order valence-corrected chi connectivity index (χ1v) is 5.60. The molecule has 0 atom stereocenters. The molecule has 0 bridgehead atoms. The van der Waals surface area contributed by atoms with Crippen LogP contribution in [0.3, 0.4) is 0 Å². The largest absolute Gasteiger partial charge is 0.492 e. The number of methoxy groups -OCH3 is 1. The lowest BCUT2D eigenvalue weighted by molar-refractivity contribution is -0.132. The van der Waals surface area contributed by atoms with Crippen molar-refractivity contribution in [2.24, 2.45) is 7.05 Å². The van der Waals surface area contributed by atoms with Crippen molar-refractivity contribution < 1.29 is 14.3 Å². The summed E-state index contributed by atoms with van der Waals surface area (Å²) in [6.07, 6.45) is 0. The third-order valence-electron chi connectivity index (χ3n) is 2.78. The van der Waals surface area contributed by atoms with E-state index in [1.54, 1.807) is 25.2 Å². The summed E-state index contributed by atoms with van der Waals surface area (Å²) in [5, 5.41) is 0.648. The minimum Gasteiger partial charge on any atom is -0.492 e. The molecule has 0 aliphatic carbocycles. The Labute approximate surface area is 109 Å². The van der Waals surface area contributed by atoms with E-state index < -0.39 is 11.5 Å². The third-order valence-corrected chi connectivity index (χ3v) is 2.78. The zero-order valence-electron chi connectivity index (χ0n) is 10.9. The van der Waals surface area contributed by atoms with Crippen LogP contribution in [0.2, 0.25) is 0 Å². The first kappa shape index (κ1) is 12.9. The Kier molecular flexibility index (Phi) is 3.16. The van der Waals surface area contributed by atoms with E-state index in [1.165, 1.54) is 18.6 Å². The van der Waals surface area contributed by atoms with Gasteiger partial charge >= 0.3 is 5.97 Å². The second-order valence-electron chi connectivity index (χ2n) is 4.10. The number of rotatable bonds is 2. The van der Waals surface area contributed by atoms with Crippen molar-refractivity contribution in [1.82, 2.24) is 4.57 Å². The molecule has 0 unspecified atom stereocenters. The number of nitrogen functional groups attached to an aromatic ring is 1. The van der Waals surface area contributed by atoms with Gasteiger partial charge in [-0.25, -0.2) is 0 Å². The molecule has 19 heavy (non-hydrogen) atoms. The van der Waals surface area contributed by atoms with Crippen molar-refractivity contribution in [3.63, 3.8) is 0 Å². The highest BCUT2D eigenvalue weighted by Crippen LogP contribution is 2.33. The first-order chi connectivity index (χ1) is 8.95. The number of carbonyl (C=O) groups is 1. The standard InChI is InChI=1S/C13H14N2O4/c1-7(16)19-12-11(18-3)9-5-4-8(14)6-10(9)15(2)13(12)17/h4-6H,14H2,1-3H3. The molecule has 1 aromatic heterocycles. The van der Waals surface area contributed by atoms with Crippen LogP contribution in [0.15, 0.2) is 23.0 Å². The molecule has 6 nitrogen and oxygen atoms in total. The summed E-state index contributed by atoms with van der Waals surface area (Å²) in [5.41, 5.74) is 6.40. The second kappa shape index (κ2) is 4.64. The number of hydrogen-bond acceptors (Lipinski definition) is 5. The van der Waals surface area contributed by atoms with Crippen LogP contribution < -0.4 is 20.8 Å². The zero-order valence-corrected chi connectivity index (χ0v) is 10.9. The minimum atomic E-state index is -0.579. The van der Waals surface area contributed by atoms with E-state index in [0.717, 1.165) is 0 Å². The number of hydrogen-bond donors (Lipinski definition) is 1. The molecule has 0 saturated carbocycles. The zero-order chi connectivity index (χ0) is 14.2. The highest BCUT2D eigenvalue weighted by molar-refractivity contribution is 5.90. The number of nitrogens with zero attached hydrogens (tertiary/aromatic N) is 1. The summed E-state index contributed by atoms with van der Waals surface area (Å²) in [5.74, 6) is -0.465. The SMILES string of the molecule is COc1c(OC(C)=O)c(=O)n(C)c2cc(N)ccc12. The van der Waals surface area contributed by atoms with Gasteiger partial charge in [-0.05, 0) is 18.2 Å². The maximum Gasteiger partial charge on any atom is 0.308 e. The van der Waals surface area contributed by atoms with Gasteiger partial charge in [-0.1, -0.05) is 0 Å². The molecule has 0 aliphatic heterocycles. The van der Waals surface area contributed by atoms with Gasteiger partial charge in [0.15, 0.2) is 5.75 Å². The number of carbonyl (C=O) groups excluding carboxylic acids is 1. The number of pyridine rings is 1. The molecular weight excluding hydrogens is 248 g/mol. The summed E-state index contributed by atoms with van der Waals surface area (Å²) in [4.78, 5) is 23.3. The Morgan fingerprint density at radius 1 is 1.32 bits per heavy atom. The van der Waals surface area contributed by atoms with Crippen LogP contribution >= 0.6 is 0 Å². The summed E-state index contributed by atoms with van der Waals surface area (Å²) in [6, 6.07) is 5.07. The predicted octanol–water partition coefficient (Wildman–Crippen LogP) is 1.05.